The molecule has 0 aromatic heterocycles. The Kier molecular flexibility index (Phi) is 8.97. The Morgan fingerprint density at radius 2 is 1.59 bits per heavy atom. The molecule has 1 fully saturated rings. The zero-order chi connectivity index (χ0) is 24.1. The first-order chi connectivity index (χ1) is 15.2. The van der Waals surface area contributed by atoms with Crippen molar-refractivity contribution in [2.24, 2.45) is 0 Å². The summed E-state index contributed by atoms with van der Waals surface area (Å²) in [7, 11) is -0.609. The summed E-state index contributed by atoms with van der Waals surface area (Å²) in [5.74, 6) is -0.0150. The van der Waals surface area contributed by atoms with Crippen LogP contribution in [-0.2, 0) is 20.6 Å². The van der Waals surface area contributed by atoms with Crippen molar-refractivity contribution in [1.29, 1.82) is 0 Å². The van der Waals surface area contributed by atoms with Gasteiger partial charge in [-0.25, -0.2) is 4.39 Å². The number of hydrogen-bond donors (Lipinski definition) is 0. The van der Waals surface area contributed by atoms with E-state index in [1.165, 1.54) is 17.8 Å². The van der Waals surface area contributed by atoms with E-state index >= 15 is 0 Å². The van der Waals surface area contributed by atoms with Gasteiger partial charge in [0.15, 0.2) is 0 Å². The van der Waals surface area contributed by atoms with Crippen molar-refractivity contribution in [3.8, 4) is 0 Å². The second-order valence-corrected chi connectivity index (χ2v) is 9.19. The van der Waals surface area contributed by atoms with E-state index in [4.69, 9.17) is 9.31 Å². The lowest BCUT2D eigenvalue weighted by Crippen LogP contribution is -2.41. The minimum absolute atomic E-state index is 0.0156. The van der Waals surface area contributed by atoms with E-state index in [-0.39, 0.29) is 18.3 Å². The third kappa shape index (κ3) is 5.38. The fourth-order valence-electron chi connectivity index (χ4n) is 3.32. The maximum atomic E-state index is 14.9. The van der Waals surface area contributed by atoms with Crippen LogP contribution in [0, 0.1) is 5.82 Å². The van der Waals surface area contributed by atoms with Crippen LogP contribution in [0.2, 0.25) is 0 Å². The van der Waals surface area contributed by atoms with E-state index in [2.05, 4.69) is 0 Å². The van der Waals surface area contributed by atoms with Crippen LogP contribution in [0.4, 0.5) is 10.1 Å². The third-order valence-electron chi connectivity index (χ3n) is 5.74. The predicted molar refractivity (Wildman–Crippen MR) is 133 cm³/mol. The van der Waals surface area contributed by atoms with Crippen LogP contribution in [0.1, 0.15) is 61.0 Å². The van der Waals surface area contributed by atoms with Crippen molar-refractivity contribution < 1.29 is 18.5 Å². The molecule has 0 saturated carbocycles. The Bertz CT molecular complexity index is 919. The summed E-state index contributed by atoms with van der Waals surface area (Å²) in [5, 5.41) is 0. The average molecular weight is 459 g/mol. The van der Waals surface area contributed by atoms with Crippen LogP contribution in [0.25, 0.3) is 0 Å². The average Bonchev–Trinajstić information content (AvgIpc) is 3.01. The van der Waals surface area contributed by atoms with Gasteiger partial charge in [0.2, 0.25) is 5.91 Å². The largest absolute Gasteiger partial charge is 0.494 e. The van der Waals surface area contributed by atoms with E-state index < -0.39 is 18.3 Å². The normalized spacial score (nSPS) is 18.2. The Balaban J connectivity index is 0.000000860. The molecule has 2 aromatic carbocycles. The number of para-hydroxylation sites is 1. The molecule has 0 N–H and O–H groups in total. The number of hydrogen-bond acceptors (Lipinski definition) is 4. The number of anilines is 1. The van der Waals surface area contributed by atoms with Gasteiger partial charge in [-0.3, -0.25) is 4.79 Å². The standard InChI is InChI=1S/C21H23BFNO3S.2C2H6/c1-20(2)21(3,4)27-22(26-20)15-10-9-14(16(23)11-15)12-24-17-7-5-6-8-18(17)28-13-19(24)25;2*1-2/h5-11H,12-13H2,1-4H3;2*1-2H3. The van der Waals surface area contributed by atoms with Crippen LogP contribution in [-0.4, -0.2) is 30.0 Å². The fraction of sp³-hybridized carbons (Fsp3) is 0.480. The van der Waals surface area contributed by atoms with E-state index in [0.29, 0.717) is 16.8 Å². The monoisotopic (exact) mass is 459 g/mol. The highest BCUT2D eigenvalue weighted by Gasteiger charge is 2.51. The predicted octanol–water partition coefficient (Wildman–Crippen LogP) is 5.82. The molecule has 0 bridgehead atoms. The summed E-state index contributed by atoms with van der Waals surface area (Å²) >= 11 is 1.52. The Morgan fingerprint density at radius 3 is 2.19 bits per heavy atom. The molecule has 0 radical (unpaired) electrons. The van der Waals surface area contributed by atoms with Crippen molar-refractivity contribution in [1.82, 2.24) is 0 Å². The highest BCUT2D eigenvalue weighted by Crippen LogP contribution is 2.37. The minimum Gasteiger partial charge on any atom is -0.399 e. The number of benzene rings is 2. The topological polar surface area (TPSA) is 38.8 Å². The number of thioether (sulfide) groups is 1. The molecule has 1 amide bonds. The summed E-state index contributed by atoms with van der Waals surface area (Å²) in [6.45, 7) is 16.1. The maximum Gasteiger partial charge on any atom is 0.494 e. The molecule has 1 saturated heterocycles. The Labute approximate surface area is 197 Å². The molecular weight excluding hydrogens is 424 g/mol. The van der Waals surface area contributed by atoms with Gasteiger partial charge in [-0.1, -0.05) is 52.0 Å². The number of halogens is 1. The molecule has 0 unspecified atom stereocenters. The summed E-state index contributed by atoms with van der Waals surface area (Å²) in [4.78, 5) is 15.1. The lowest BCUT2D eigenvalue weighted by atomic mass is 9.78. The summed E-state index contributed by atoms with van der Waals surface area (Å²) in [5.41, 5.74) is 0.984. The first kappa shape index (κ1) is 26.4. The van der Waals surface area contributed by atoms with Crippen molar-refractivity contribution >= 4 is 35.9 Å². The minimum atomic E-state index is -0.609. The molecular formula is C25H35BFNO3S. The second-order valence-electron chi connectivity index (χ2n) is 8.18. The van der Waals surface area contributed by atoms with Crippen LogP contribution in [0.5, 0.6) is 0 Å². The van der Waals surface area contributed by atoms with Gasteiger partial charge in [0, 0.05) is 10.5 Å². The van der Waals surface area contributed by atoms with Gasteiger partial charge in [-0.2, -0.15) is 0 Å². The van der Waals surface area contributed by atoms with Gasteiger partial charge in [-0.15, -0.1) is 11.8 Å². The molecule has 2 heterocycles. The molecule has 2 aliphatic heterocycles. The fourth-order valence-corrected chi connectivity index (χ4v) is 4.25. The number of amides is 1. The van der Waals surface area contributed by atoms with E-state index in [9.17, 15) is 9.18 Å². The molecule has 174 valence electrons. The number of rotatable bonds is 3. The number of fused-ring (bicyclic) bond motifs is 1. The maximum absolute atomic E-state index is 14.9. The SMILES string of the molecule is CC.CC.CC1(C)OB(c2ccc(CN3C(=O)CSc4ccccc43)c(F)c2)OC1(C)C. The van der Waals surface area contributed by atoms with Crippen molar-refractivity contribution in [2.75, 3.05) is 10.7 Å². The Morgan fingerprint density at radius 1 is 1.00 bits per heavy atom. The first-order valence-corrected chi connectivity index (χ1v) is 12.3. The van der Waals surface area contributed by atoms with E-state index in [1.807, 2.05) is 85.7 Å². The quantitative estimate of drug-likeness (QED) is 0.543. The van der Waals surface area contributed by atoms with Gasteiger partial charge in [0.05, 0.1) is 29.2 Å². The van der Waals surface area contributed by atoms with Gasteiger partial charge in [-0.05, 0) is 51.4 Å². The summed E-state index contributed by atoms with van der Waals surface area (Å²) in [6, 6.07) is 12.7. The van der Waals surface area contributed by atoms with E-state index in [0.717, 1.165) is 10.6 Å². The van der Waals surface area contributed by atoms with Gasteiger partial charge in [0.1, 0.15) is 5.82 Å². The van der Waals surface area contributed by atoms with Crippen LogP contribution >= 0.6 is 11.8 Å². The molecule has 0 spiro atoms. The Hall–Kier alpha value is -1.83. The highest BCUT2D eigenvalue weighted by molar-refractivity contribution is 8.00. The van der Waals surface area contributed by atoms with Crippen molar-refractivity contribution in [3.05, 3.63) is 53.8 Å². The van der Waals surface area contributed by atoms with Gasteiger partial charge >= 0.3 is 7.12 Å². The van der Waals surface area contributed by atoms with Gasteiger partial charge in [0.25, 0.3) is 0 Å². The summed E-state index contributed by atoms with van der Waals surface area (Å²) < 4.78 is 26.9. The van der Waals surface area contributed by atoms with Crippen LogP contribution in [0.15, 0.2) is 47.4 Å². The zero-order valence-electron chi connectivity index (χ0n) is 20.5. The van der Waals surface area contributed by atoms with E-state index in [1.54, 1.807) is 11.0 Å². The molecule has 7 heteroatoms. The highest BCUT2D eigenvalue weighted by atomic mass is 32.2. The summed E-state index contributed by atoms with van der Waals surface area (Å²) in [6.07, 6.45) is 0. The molecule has 0 atom stereocenters. The lowest BCUT2D eigenvalue weighted by Gasteiger charge is -2.32. The number of carbonyl (C=O) groups excluding carboxylic acids is 1. The first-order valence-electron chi connectivity index (χ1n) is 11.3. The van der Waals surface area contributed by atoms with Crippen molar-refractivity contribution in [2.45, 2.75) is 78.0 Å². The van der Waals surface area contributed by atoms with Crippen molar-refractivity contribution in [3.63, 3.8) is 0 Å². The van der Waals surface area contributed by atoms with Crippen LogP contribution < -0.4 is 10.4 Å². The molecule has 0 aliphatic carbocycles. The van der Waals surface area contributed by atoms with Gasteiger partial charge < -0.3 is 14.2 Å². The molecule has 32 heavy (non-hydrogen) atoms. The molecule has 2 aliphatic rings. The lowest BCUT2D eigenvalue weighted by molar-refractivity contribution is -0.116. The number of carbonyl (C=O) groups is 1. The van der Waals surface area contributed by atoms with Crippen LogP contribution in [0.3, 0.4) is 0 Å². The number of nitrogens with zero attached hydrogens (tertiary/aromatic N) is 1. The molecule has 4 rings (SSSR count). The zero-order valence-corrected chi connectivity index (χ0v) is 21.3. The molecule has 4 nitrogen and oxygen atoms in total. The molecule has 2 aromatic rings. The second kappa shape index (κ2) is 10.9. The smallest absolute Gasteiger partial charge is 0.399 e. The third-order valence-corrected chi connectivity index (χ3v) is 6.79.